The van der Waals surface area contributed by atoms with Gasteiger partial charge in [-0.25, -0.2) is 0 Å². The largest absolute Gasteiger partial charge is 0.359 e. The molecule has 1 aliphatic carbocycles. The summed E-state index contributed by atoms with van der Waals surface area (Å²) >= 11 is 0. The van der Waals surface area contributed by atoms with Crippen LogP contribution in [-0.2, 0) is 4.79 Å². The van der Waals surface area contributed by atoms with Gasteiger partial charge in [-0.15, -0.1) is 0 Å². The highest BCUT2D eigenvalue weighted by Gasteiger charge is 2.25. The highest BCUT2D eigenvalue weighted by atomic mass is 16.2. The molecule has 0 aliphatic heterocycles. The second-order valence-corrected chi connectivity index (χ2v) is 6.99. The van der Waals surface area contributed by atoms with E-state index in [0.717, 1.165) is 36.8 Å². The van der Waals surface area contributed by atoms with Gasteiger partial charge in [0.2, 0.25) is 5.91 Å². The SMILES string of the molecule is CNC(=O)C1CCC(CNC(=O)c2cccc(-c3ccccc3)c2)CC1. The van der Waals surface area contributed by atoms with Gasteiger partial charge in [0, 0.05) is 25.1 Å². The third-order valence-electron chi connectivity index (χ3n) is 5.25. The zero-order valence-electron chi connectivity index (χ0n) is 15.2. The van der Waals surface area contributed by atoms with Gasteiger partial charge < -0.3 is 10.6 Å². The van der Waals surface area contributed by atoms with Crippen LogP contribution in [0.4, 0.5) is 0 Å². The lowest BCUT2D eigenvalue weighted by molar-refractivity contribution is -0.125. The first kappa shape index (κ1) is 18.2. The fourth-order valence-corrected chi connectivity index (χ4v) is 3.64. The van der Waals surface area contributed by atoms with Gasteiger partial charge in [-0.05, 0) is 54.9 Å². The molecule has 2 N–H and O–H groups in total. The minimum absolute atomic E-state index is 0.0313. The molecule has 4 nitrogen and oxygen atoms in total. The fourth-order valence-electron chi connectivity index (χ4n) is 3.64. The van der Waals surface area contributed by atoms with E-state index in [1.165, 1.54) is 0 Å². The summed E-state index contributed by atoms with van der Waals surface area (Å²) in [6.07, 6.45) is 3.79. The molecule has 1 saturated carbocycles. The van der Waals surface area contributed by atoms with E-state index in [0.29, 0.717) is 18.0 Å². The van der Waals surface area contributed by atoms with Crippen LogP contribution < -0.4 is 10.6 Å². The normalized spacial score (nSPS) is 19.6. The Kier molecular flexibility index (Phi) is 6.05. The molecule has 2 aromatic carbocycles. The molecule has 136 valence electrons. The highest BCUT2D eigenvalue weighted by Crippen LogP contribution is 2.28. The van der Waals surface area contributed by atoms with Crippen molar-refractivity contribution in [3.05, 3.63) is 60.2 Å². The predicted octanol–water partition coefficient (Wildman–Crippen LogP) is 3.64. The number of carbonyl (C=O) groups is 2. The van der Waals surface area contributed by atoms with Crippen LogP contribution in [0.15, 0.2) is 54.6 Å². The van der Waals surface area contributed by atoms with Crippen molar-refractivity contribution >= 4 is 11.8 Å². The first-order valence-electron chi connectivity index (χ1n) is 9.32. The van der Waals surface area contributed by atoms with Gasteiger partial charge in [0.15, 0.2) is 0 Å². The Morgan fingerprint density at radius 3 is 2.31 bits per heavy atom. The molecule has 0 saturated heterocycles. The number of rotatable bonds is 5. The third kappa shape index (κ3) is 4.51. The van der Waals surface area contributed by atoms with Crippen LogP contribution >= 0.6 is 0 Å². The lowest BCUT2D eigenvalue weighted by Crippen LogP contribution is -2.34. The van der Waals surface area contributed by atoms with Crippen LogP contribution in [0.1, 0.15) is 36.0 Å². The molecule has 0 bridgehead atoms. The van der Waals surface area contributed by atoms with Crippen LogP contribution in [0, 0.1) is 11.8 Å². The van der Waals surface area contributed by atoms with E-state index in [2.05, 4.69) is 10.6 Å². The van der Waals surface area contributed by atoms with E-state index in [-0.39, 0.29) is 17.7 Å². The molecule has 0 unspecified atom stereocenters. The van der Waals surface area contributed by atoms with Crippen LogP contribution in [0.25, 0.3) is 11.1 Å². The van der Waals surface area contributed by atoms with E-state index in [9.17, 15) is 9.59 Å². The molecule has 3 rings (SSSR count). The first-order valence-corrected chi connectivity index (χ1v) is 9.32. The monoisotopic (exact) mass is 350 g/mol. The molecular formula is C22H26N2O2. The second kappa shape index (κ2) is 8.65. The minimum atomic E-state index is -0.0313. The Morgan fingerprint density at radius 2 is 1.62 bits per heavy atom. The molecule has 2 amide bonds. The standard InChI is InChI=1S/C22H26N2O2/c1-23-21(25)18-12-10-16(11-13-18)15-24-22(26)20-9-5-8-19(14-20)17-6-3-2-4-7-17/h2-9,14,16,18H,10-13,15H2,1H3,(H,23,25)(H,24,26). The zero-order valence-corrected chi connectivity index (χ0v) is 15.2. The molecule has 0 aromatic heterocycles. The number of benzene rings is 2. The van der Waals surface area contributed by atoms with Crippen molar-refractivity contribution in [2.75, 3.05) is 13.6 Å². The van der Waals surface area contributed by atoms with E-state index in [1.807, 2.05) is 54.6 Å². The van der Waals surface area contributed by atoms with Gasteiger partial charge in [-0.2, -0.15) is 0 Å². The van der Waals surface area contributed by atoms with E-state index >= 15 is 0 Å². The zero-order chi connectivity index (χ0) is 18.4. The summed E-state index contributed by atoms with van der Waals surface area (Å²) in [6, 6.07) is 17.8. The first-order chi connectivity index (χ1) is 12.7. The summed E-state index contributed by atoms with van der Waals surface area (Å²) in [6.45, 7) is 0.675. The quantitative estimate of drug-likeness (QED) is 0.865. The average molecular weight is 350 g/mol. The maximum absolute atomic E-state index is 12.5. The van der Waals surface area contributed by atoms with Gasteiger partial charge in [0.05, 0.1) is 0 Å². The summed E-state index contributed by atoms with van der Waals surface area (Å²) < 4.78 is 0. The van der Waals surface area contributed by atoms with Crippen LogP contribution in [0.3, 0.4) is 0 Å². The Balaban J connectivity index is 1.54. The molecule has 1 fully saturated rings. The number of carbonyl (C=O) groups excluding carboxylic acids is 2. The average Bonchev–Trinajstić information content (AvgIpc) is 2.72. The smallest absolute Gasteiger partial charge is 0.251 e. The molecule has 0 heterocycles. The fraction of sp³-hybridized carbons (Fsp3) is 0.364. The Labute approximate surface area is 155 Å². The van der Waals surface area contributed by atoms with E-state index in [1.54, 1.807) is 7.05 Å². The summed E-state index contributed by atoms with van der Waals surface area (Å²) in [5.41, 5.74) is 2.84. The van der Waals surface area contributed by atoms with Crippen LogP contribution in [0.2, 0.25) is 0 Å². The van der Waals surface area contributed by atoms with Gasteiger partial charge >= 0.3 is 0 Å². The van der Waals surface area contributed by atoms with Gasteiger partial charge in [-0.1, -0.05) is 42.5 Å². The summed E-state index contributed by atoms with van der Waals surface area (Å²) in [5, 5.41) is 5.80. The highest BCUT2D eigenvalue weighted by molar-refractivity contribution is 5.95. The van der Waals surface area contributed by atoms with E-state index in [4.69, 9.17) is 0 Å². The van der Waals surface area contributed by atoms with Crippen molar-refractivity contribution in [1.29, 1.82) is 0 Å². The molecule has 4 heteroatoms. The molecule has 0 radical (unpaired) electrons. The lowest BCUT2D eigenvalue weighted by atomic mass is 9.81. The maximum atomic E-state index is 12.5. The number of hydrogen-bond acceptors (Lipinski definition) is 2. The van der Waals surface area contributed by atoms with Crippen molar-refractivity contribution in [1.82, 2.24) is 10.6 Å². The molecule has 1 aliphatic rings. The summed E-state index contributed by atoms with van der Waals surface area (Å²) in [4.78, 5) is 24.2. The number of hydrogen-bond donors (Lipinski definition) is 2. The number of nitrogens with one attached hydrogen (secondary N) is 2. The Bertz CT molecular complexity index is 750. The molecule has 0 spiro atoms. The number of amides is 2. The second-order valence-electron chi connectivity index (χ2n) is 6.99. The van der Waals surface area contributed by atoms with Crippen molar-refractivity contribution in [2.45, 2.75) is 25.7 Å². The van der Waals surface area contributed by atoms with Crippen molar-refractivity contribution in [3.63, 3.8) is 0 Å². The molecule has 26 heavy (non-hydrogen) atoms. The van der Waals surface area contributed by atoms with Crippen LogP contribution in [-0.4, -0.2) is 25.4 Å². The van der Waals surface area contributed by atoms with Crippen LogP contribution in [0.5, 0.6) is 0 Å². The van der Waals surface area contributed by atoms with E-state index < -0.39 is 0 Å². The van der Waals surface area contributed by atoms with Gasteiger partial charge in [0.25, 0.3) is 5.91 Å². The summed E-state index contributed by atoms with van der Waals surface area (Å²) in [5.74, 6) is 0.702. The third-order valence-corrected chi connectivity index (χ3v) is 5.25. The molecular weight excluding hydrogens is 324 g/mol. The molecule has 2 aromatic rings. The lowest BCUT2D eigenvalue weighted by Gasteiger charge is -2.27. The minimum Gasteiger partial charge on any atom is -0.359 e. The van der Waals surface area contributed by atoms with Crippen molar-refractivity contribution in [2.24, 2.45) is 11.8 Å². The maximum Gasteiger partial charge on any atom is 0.251 e. The van der Waals surface area contributed by atoms with Gasteiger partial charge in [-0.3, -0.25) is 9.59 Å². The van der Waals surface area contributed by atoms with Gasteiger partial charge in [0.1, 0.15) is 0 Å². The Morgan fingerprint density at radius 1 is 0.923 bits per heavy atom. The topological polar surface area (TPSA) is 58.2 Å². The Hall–Kier alpha value is -2.62. The molecule has 0 atom stereocenters. The predicted molar refractivity (Wildman–Crippen MR) is 104 cm³/mol. The summed E-state index contributed by atoms with van der Waals surface area (Å²) in [7, 11) is 1.69. The van der Waals surface area contributed by atoms with Crippen molar-refractivity contribution < 1.29 is 9.59 Å². The van der Waals surface area contributed by atoms with Crippen molar-refractivity contribution in [3.8, 4) is 11.1 Å².